The Bertz CT molecular complexity index is 493. The van der Waals surface area contributed by atoms with Crippen molar-refractivity contribution in [2.24, 2.45) is 5.92 Å². The molecule has 0 aliphatic heterocycles. The van der Waals surface area contributed by atoms with Gasteiger partial charge in [-0.1, -0.05) is 11.8 Å². The van der Waals surface area contributed by atoms with E-state index in [4.69, 9.17) is 0 Å². The molecule has 2 aliphatic carbocycles. The van der Waals surface area contributed by atoms with Gasteiger partial charge in [0.1, 0.15) is 5.82 Å². The molecule has 1 heterocycles. The number of aromatic nitrogens is 3. The van der Waals surface area contributed by atoms with E-state index in [1.165, 1.54) is 37.4 Å². The molecule has 0 radical (unpaired) electrons. The summed E-state index contributed by atoms with van der Waals surface area (Å²) < 4.78 is 2.15. The lowest BCUT2D eigenvalue weighted by molar-refractivity contribution is -0.119. The Morgan fingerprint density at radius 3 is 2.75 bits per heavy atom. The minimum absolute atomic E-state index is 0.105. The van der Waals surface area contributed by atoms with E-state index in [2.05, 4.69) is 33.9 Å². The largest absolute Gasteiger partial charge is 0.353 e. The second-order valence-electron chi connectivity index (χ2n) is 5.84. The molecule has 1 aromatic heterocycles. The first kappa shape index (κ1) is 13.9. The topological polar surface area (TPSA) is 59.8 Å². The number of thioether (sulfide) groups is 1. The van der Waals surface area contributed by atoms with Gasteiger partial charge < -0.3 is 9.88 Å². The molecule has 1 unspecified atom stereocenters. The molecular formula is C14H22N4OS. The smallest absolute Gasteiger partial charge is 0.230 e. The fourth-order valence-corrected chi connectivity index (χ4v) is 3.31. The number of hydrogen-bond acceptors (Lipinski definition) is 4. The van der Waals surface area contributed by atoms with Crippen molar-refractivity contribution in [1.82, 2.24) is 20.1 Å². The highest BCUT2D eigenvalue weighted by Gasteiger charge is 2.31. The SMILES string of the molecule is CCn1c(SCC(=O)NC(C)C2CC2)nnc1C1CC1. The zero-order valence-corrected chi connectivity index (χ0v) is 12.9. The average molecular weight is 294 g/mol. The summed E-state index contributed by atoms with van der Waals surface area (Å²) in [6, 6.07) is 0.314. The van der Waals surface area contributed by atoms with Crippen LogP contribution in [0.2, 0.25) is 0 Å². The second-order valence-corrected chi connectivity index (χ2v) is 6.78. The van der Waals surface area contributed by atoms with E-state index >= 15 is 0 Å². The van der Waals surface area contributed by atoms with Crippen molar-refractivity contribution in [1.29, 1.82) is 0 Å². The summed E-state index contributed by atoms with van der Waals surface area (Å²) in [5.41, 5.74) is 0. The molecule has 110 valence electrons. The van der Waals surface area contributed by atoms with Gasteiger partial charge in [-0.05, 0) is 45.4 Å². The van der Waals surface area contributed by atoms with Crippen LogP contribution in [0.5, 0.6) is 0 Å². The molecule has 3 rings (SSSR count). The van der Waals surface area contributed by atoms with Crippen molar-refractivity contribution in [3.63, 3.8) is 0 Å². The highest BCUT2D eigenvalue weighted by atomic mass is 32.2. The third-order valence-corrected chi connectivity index (χ3v) is 5.02. The maximum Gasteiger partial charge on any atom is 0.230 e. The van der Waals surface area contributed by atoms with Crippen molar-refractivity contribution in [2.45, 2.75) is 63.2 Å². The number of hydrogen-bond donors (Lipinski definition) is 1. The maximum atomic E-state index is 11.9. The number of nitrogens with one attached hydrogen (secondary N) is 1. The first-order valence-electron chi connectivity index (χ1n) is 7.54. The number of carbonyl (C=O) groups excluding carboxylic acids is 1. The van der Waals surface area contributed by atoms with Crippen LogP contribution < -0.4 is 5.32 Å². The summed E-state index contributed by atoms with van der Waals surface area (Å²) in [7, 11) is 0. The van der Waals surface area contributed by atoms with E-state index in [1.54, 1.807) is 0 Å². The second kappa shape index (κ2) is 5.76. The molecule has 0 saturated heterocycles. The Hall–Kier alpha value is -1.04. The van der Waals surface area contributed by atoms with Crippen LogP contribution in [0.15, 0.2) is 5.16 Å². The standard InChI is InChI=1S/C14H22N4OS/c1-3-18-13(11-6-7-11)16-17-14(18)20-8-12(19)15-9(2)10-4-5-10/h9-11H,3-8H2,1-2H3,(H,15,19). The van der Waals surface area contributed by atoms with Gasteiger partial charge in [0.15, 0.2) is 5.16 Å². The van der Waals surface area contributed by atoms with Crippen molar-refractivity contribution < 1.29 is 4.79 Å². The van der Waals surface area contributed by atoms with Crippen LogP contribution in [0.3, 0.4) is 0 Å². The van der Waals surface area contributed by atoms with Crippen LogP contribution in [-0.2, 0) is 11.3 Å². The van der Waals surface area contributed by atoms with E-state index in [1.807, 2.05) is 0 Å². The van der Waals surface area contributed by atoms with Crippen molar-refractivity contribution in [2.75, 3.05) is 5.75 Å². The third-order valence-electron chi connectivity index (χ3n) is 4.05. The number of amides is 1. The molecule has 5 nitrogen and oxygen atoms in total. The number of rotatable bonds is 7. The fraction of sp³-hybridized carbons (Fsp3) is 0.786. The Morgan fingerprint density at radius 1 is 1.40 bits per heavy atom. The zero-order chi connectivity index (χ0) is 14.1. The Kier molecular flexibility index (Phi) is 4.01. The van der Waals surface area contributed by atoms with E-state index < -0.39 is 0 Å². The molecule has 0 bridgehead atoms. The molecule has 6 heteroatoms. The van der Waals surface area contributed by atoms with Gasteiger partial charge in [-0.3, -0.25) is 4.79 Å². The van der Waals surface area contributed by atoms with E-state index in [0.29, 0.717) is 23.6 Å². The maximum absolute atomic E-state index is 11.9. The van der Waals surface area contributed by atoms with Gasteiger partial charge in [0.05, 0.1) is 5.75 Å². The molecule has 2 fully saturated rings. The lowest BCUT2D eigenvalue weighted by atomic mass is 10.2. The monoisotopic (exact) mass is 294 g/mol. The zero-order valence-electron chi connectivity index (χ0n) is 12.1. The summed E-state index contributed by atoms with van der Waals surface area (Å²) in [6.45, 7) is 5.08. The van der Waals surface area contributed by atoms with E-state index in [-0.39, 0.29) is 5.91 Å². The molecule has 20 heavy (non-hydrogen) atoms. The quantitative estimate of drug-likeness (QED) is 0.783. The lowest BCUT2D eigenvalue weighted by Crippen LogP contribution is -2.35. The van der Waals surface area contributed by atoms with Crippen LogP contribution in [0.25, 0.3) is 0 Å². The van der Waals surface area contributed by atoms with Crippen LogP contribution in [0.1, 0.15) is 51.3 Å². The van der Waals surface area contributed by atoms with Gasteiger partial charge in [-0.15, -0.1) is 10.2 Å². The lowest BCUT2D eigenvalue weighted by Gasteiger charge is -2.12. The van der Waals surface area contributed by atoms with Gasteiger partial charge in [-0.25, -0.2) is 0 Å². The van der Waals surface area contributed by atoms with Gasteiger partial charge >= 0.3 is 0 Å². The van der Waals surface area contributed by atoms with E-state index in [0.717, 1.165) is 17.5 Å². The van der Waals surface area contributed by atoms with Gasteiger partial charge in [-0.2, -0.15) is 0 Å². The highest BCUT2D eigenvalue weighted by molar-refractivity contribution is 7.99. The summed E-state index contributed by atoms with van der Waals surface area (Å²) in [5.74, 6) is 2.93. The molecule has 2 aliphatic rings. The van der Waals surface area contributed by atoms with Gasteiger partial charge in [0.2, 0.25) is 5.91 Å². The number of carbonyl (C=O) groups is 1. The Balaban J connectivity index is 1.53. The molecule has 1 amide bonds. The fourth-order valence-electron chi connectivity index (χ4n) is 2.49. The Labute approximate surface area is 123 Å². The molecule has 1 atom stereocenters. The predicted molar refractivity (Wildman–Crippen MR) is 78.7 cm³/mol. The van der Waals surface area contributed by atoms with Crippen LogP contribution >= 0.6 is 11.8 Å². The van der Waals surface area contributed by atoms with Crippen molar-refractivity contribution in [3.05, 3.63) is 5.82 Å². The summed E-state index contributed by atoms with van der Waals surface area (Å²) >= 11 is 1.50. The summed E-state index contributed by atoms with van der Waals surface area (Å²) in [4.78, 5) is 11.9. The molecular weight excluding hydrogens is 272 g/mol. The molecule has 0 spiro atoms. The van der Waals surface area contributed by atoms with Crippen molar-refractivity contribution >= 4 is 17.7 Å². The van der Waals surface area contributed by atoms with Gasteiger partial charge in [0.25, 0.3) is 0 Å². The molecule has 2 saturated carbocycles. The first-order chi connectivity index (χ1) is 9.69. The Morgan fingerprint density at radius 2 is 2.15 bits per heavy atom. The molecule has 0 aromatic carbocycles. The molecule has 1 N–H and O–H groups in total. The van der Waals surface area contributed by atoms with Gasteiger partial charge in [0, 0.05) is 18.5 Å². The van der Waals surface area contributed by atoms with E-state index in [9.17, 15) is 4.79 Å². The minimum Gasteiger partial charge on any atom is -0.353 e. The minimum atomic E-state index is 0.105. The van der Waals surface area contributed by atoms with Crippen LogP contribution in [-0.4, -0.2) is 32.5 Å². The third kappa shape index (κ3) is 3.16. The molecule has 1 aromatic rings. The summed E-state index contributed by atoms with van der Waals surface area (Å²) in [5, 5.41) is 12.5. The first-order valence-corrected chi connectivity index (χ1v) is 8.52. The highest BCUT2D eigenvalue weighted by Crippen LogP contribution is 2.40. The number of nitrogens with zero attached hydrogens (tertiary/aromatic N) is 3. The summed E-state index contributed by atoms with van der Waals surface area (Å²) in [6.07, 6.45) is 4.96. The predicted octanol–water partition coefficient (Wildman–Crippen LogP) is 2.18. The van der Waals surface area contributed by atoms with Crippen LogP contribution in [0.4, 0.5) is 0 Å². The average Bonchev–Trinajstić information content (AvgIpc) is 3.31. The van der Waals surface area contributed by atoms with Crippen LogP contribution in [0, 0.1) is 5.92 Å². The van der Waals surface area contributed by atoms with Crippen molar-refractivity contribution in [3.8, 4) is 0 Å². The normalized spacial score (nSPS) is 19.9.